The number of hydrogen-bond donors (Lipinski definition) is 2. The van der Waals surface area contributed by atoms with Crippen LogP contribution in [0.2, 0.25) is 0 Å². The summed E-state index contributed by atoms with van der Waals surface area (Å²) in [6.45, 7) is 2.90. The Bertz CT molecular complexity index is 586. The van der Waals surface area contributed by atoms with Gasteiger partial charge in [-0.25, -0.2) is 9.78 Å². The van der Waals surface area contributed by atoms with Crippen molar-refractivity contribution in [1.29, 1.82) is 0 Å². The first-order valence-corrected chi connectivity index (χ1v) is 8.14. The van der Waals surface area contributed by atoms with E-state index in [1.807, 2.05) is 9.80 Å². The third-order valence-electron chi connectivity index (χ3n) is 4.41. The van der Waals surface area contributed by atoms with E-state index < -0.39 is 5.91 Å². The molecule has 2 aliphatic rings. The molecular formula is C16H22N4O3. The lowest BCUT2D eigenvalue weighted by Crippen LogP contribution is -2.52. The van der Waals surface area contributed by atoms with E-state index in [0.29, 0.717) is 6.54 Å². The molecule has 0 radical (unpaired) electrons. The molecule has 0 aromatic carbocycles. The molecule has 1 unspecified atom stereocenters. The SMILES string of the molecule is O=C(NC1CCCN(C(=O)N2CCCC2)C1)c1ncccc1O. The molecule has 0 spiro atoms. The topological polar surface area (TPSA) is 85.8 Å². The Morgan fingerprint density at radius 2 is 1.91 bits per heavy atom. The van der Waals surface area contributed by atoms with Gasteiger partial charge >= 0.3 is 6.03 Å². The van der Waals surface area contributed by atoms with Crippen LogP contribution >= 0.6 is 0 Å². The van der Waals surface area contributed by atoms with Gasteiger partial charge < -0.3 is 20.2 Å². The molecule has 3 rings (SSSR count). The predicted octanol–water partition coefficient (Wildman–Crippen LogP) is 1.20. The van der Waals surface area contributed by atoms with Crippen LogP contribution in [0, 0.1) is 0 Å². The van der Waals surface area contributed by atoms with Gasteiger partial charge in [0.2, 0.25) is 0 Å². The zero-order chi connectivity index (χ0) is 16.2. The molecule has 2 N–H and O–H groups in total. The largest absolute Gasteiger partial charge is 0.505 e. The Morgan fingerprint density at radius 3 is 2.65 bits per heavy atom. The van der Waals surface area contributed by atoms with Crippen LogP contribution in [0.5, 0.6) is 5.75 Å². The lowest BCUT2D eigenvalue weighted by molar-refractivity contribution is 0.0893. The number of rotatable bonds is 2. The van der Waals surface area contributed by atoms with Crippen molar-refractivity contribution in [2.24, 2.45) is 0 Å². The maximum atomic E-state index is 12.4. The van der Waals surface area contributed by atoms with Crippen molar-refractivity contribution in [2.45, 2.75) is 31.7 Å². The summed E-state index contributed by atoms with van der Waals surface area (Å²) in [5, 5.41) is 12.6. The molecule has 1 aromatic rings. The summed E-state index contributed by atoms with van der Waals surface area (Å²) in [6, 6.07) is 2.97. The fourth-order valence-electron chi connectivity index (χ4n) is 3.20. The van der Waals surface area contributed by atoms with Crippen molar-refractivity contribution in [2.75, 3.05) is 26.2 Å². The molecule has 7 heteroatoms. The smallest absolute Gasteiger partial charge is 0.320 e. The van der Waals surface area contributed by atoms with Crippen LogP contribution in [0.1, 0.15) is 36.2 Å². The molecule has 2 fully saturated rings. The molecule has 2 aliphatic heterocycles. The number of piperidine rings is 1. The van der Waals surface area contributed by atoms with Crippen molar-refractivity contribution in [3.05, 3.63) is 24.0 Å². The zero-order valence-corrected chi connectivity index (χ0v) is 13.1. The molecule has 1 aromatic heterocycles. The summed E-state index contributed by atoms with van der Waals surface area (Å²) in [5.41, 5.74) is 0.0236. The summed E-state index contributed by atoms with van der Waals surface area (Å²) in [6.07, 6.45) is 5.29. The Hall–Kier alpha value is -2.31. The number of hydrogen-bond acceptors (Lipinski definition) is 4. The summed E-state index contributed by atoms with van der Waals surface area (Å²) in [5.74, 6) is -0.533. The van der Waals surface area contributed by atoms with E-state index >= 15 is 0 Å². The maximum absolute atomic E-state index is 12.4. The second-order valence-electron chi connectivity index (χ2n) is 6.11. The lowest BCUT2D eigenvalue weighted by atomic mass is 10.1. The minimum atomic E-state index is -0.399. The van der Waals surface area contributed by atoms with Gasteiger partial charge in [-0.2, -0.15) is 0 Å². The molecule has 0 aliphatic carbocycles. The van der Waals surface area contributed by atoms with Gasteiger partial charge in [0.15, 0.2) is 5.69 Å². The second kappa shape index (κ2) is 6.85. The average molecular weight is 318 g/mol. The number of carbonyl (C=O) groups is 2. The Labute approximate surface area is 135 Å². The Balaban J connectivity index is 1.59. The first kappa shape index (κ1) is 15.6. The van der Waals surface area contributed by atoms with Gasteiger partial charge in [-0.15, -0.1) is 0 Å². The number of aromatic nitrogens is 1. The first-order chi connectivity index (χ1) is 11.1. The normalized spacial score (nSPS) is 21.3. The van der Waals surface area contributed by atoms with Gasteiger partial charge in [0.05, 0.1) is 0 Å². The number of likely N-dealkylation sites (tertiary alicyclic amines) is 2. The molecule has 23 heavy (non-hydrogen) atoms. The summed E-state index contributed by atoms with van der Waals surface area (Å²) >= 11 is 0. The van der Waals surface area contributed by atoms with E-state index in [4.69, 9.17) is 0 Å². The summed E-state index contributed by atoms with van der Waals surface area (Å²) in [4.78, 5) is 32.3. The number of urea groups is 1. The monoisotopic (exact) mass is 318 g/mol. The molecule has 2 saturated heterocycles. The van der Waals surface area contributed by atoms with Gasteiger partial charge in [-0.3, -0.25) is 4.79 Å². The highest BCUT2D eigenvalue weighted by Crippen LogP contribution is 2.17. The van der Waals surface area contributed by atoms with Crippen molar-refractivity contribution in [3.63, 3.8) is 0 Å². The number of nitrogens with one attached hydrogen (secondary N) is 1. The molecule has 7 nitrogen and oxygen atoms in total. The van der Waals surface area contributed by atoms with Crippen LogP contribution in [0.3, 0.4) is 0 Å². The van der Waals surface area contributed by atoms with E-state index in [9.17, 15) is 14.7 Å². The van der Waals surface area contributed by atoms with E-state index in [1.54, 1.807) is 6.07 Å². The van der Waals surface area contributed by atoms with Gasteiger partial charge in [0, 0.05) is 38.4 Å². The highest BCUT2D eigenvalue weighted by Gasteiger charge is 2.29. The third-order valence-corrected chi connectivity index (χ3v) is 4.41. The molecular weight excluding hydrogens is 296 g/mol. The molecule has 0 bridgehead atoms. The van der Waals surface area contributed by atoms with Crippen LogP contribution in [0.15, 0.2) is 18.3 Å². The van der Waals surface area contributed by atoms with E-state index in [-0.39, 0.29) is 23.5 Å². The molecule has 3 amide bonds. The van der Waals surface area contributed by atoms with Crippen molar-refractivity contribution in [1.82, 2.24) is 20.1 Å². The standard InChI is InChI=1S/C16H22N4O3/c21-13-6-3-7-17-14(13)15(22)18-12-5-4-10-20(11-12)16(23)19-8-1-2-9-19/h3,6-7,12,21H,1-2,4-5,8-11H2,(H,18,22). The van der Waals surface area contributed by atoms with Crippen molar-refractivity contribution >= 4 is 11.9 Å². The van der Waals surface area contributed by atoms with Gasteiger partial charge in [0.25, 0.3) is 5.91 Å². The number of carbonyl (C=O) groups excluding carboxylic acids is 2. The molecule has 3 heterocycles. The number of pyridine rings is 1. The minimum absolute atomic E-state index is 0.0236. The van der Waals surface area contributed by atoms with Crippen LogP contribution in [0.25, 0.3) is 0 Å². The van der Waals surface area contributed by atoms with Gasteiger partial charge in [-0.1, -0.05) is 0 Å². The average Bonchev–Trinajstić information content (AvgIpc) is 3.09. The van der Waals surface area contributed by atoms with Crippen LogP contribution < -0.4 is 5.32 Å². The van der Waals surface area contributed by atoms with Crippen LogP contribution in [-0.2, 0) is 0 Å². The number of nitrogens with zero attached hydrogens (tertiary/aromatic N) is 3. The van der Waals surface area contributed by atoms with Gasteiger partial charge in [-0.05, 0) is 37.8 Å². The quantitative estimate of drug-likeness (QED) is 0.858. The van der Waals surface area contributed by atoms with Crippen LogP contribution in [-0.4, -0.2) is 64.0 Å². The summed E-state index contributed by atoms with van der Waals surface area (Å²) < 4.78 is 0. The van der Waals surface area contributed by atoms with Crippen molar-refractivity contribution in [3.8, 4) is 5.75 Å². The Morgan fingerprint density at radius 1 is 1.17 bits per heavy atom. The second-order valence-corrected chi connectivity index (χ2v) is 6.11. The van der Waals surface area contributed by atoms with E-state index in [0.717, 1.165) is 45.3 Å². The maximum Gasteiger partial charge on any atom is 0.320 e. The fourth-order valence-corrected chi connectivity index (χ4v) is 3.20. The third kappa shape index (κ3) is 3.55. The molecule has 0 saturated carbocycles. The van der Waals surface area contributed by atoms with E-state index in [1.165, 1.54) is 12.3 Å². The van der Waals surface area contributed by atoms with Gasteiger partial charge in [0.1, 0.15) is 5.75 Å². The number of aromatic hydroxyl groups is 1. The van der Waals surface area contributed by atoms with Crippen molar-refractivity contribution < 1.29 is 14.7 Å². The highest BCUT2D eigenvalue weighted by molar-refractivity contribution is 5.95. The van der Waals surface area contributed by atoms with E-state index in [2.05, 4.69) is 10.3 Å². The molecule has 124 valence electrons. The lowest BCUT2D eigenvalue weighted by Gasteiger charge is -2.35. The zero-order valence-electron chi connectivity index (χ0n) is 13.1. The fraction of sp³-hybridized carbons (Fsp3) is 0.562. The summed E-state index contributed by atoms with van der Waals surface area (Å²) in [7, 11) is 0. The van der Waals surface area contributed by atoms with Crippen LogP contribution in [0.4, 0.5) is 4.79 Å². The minimum Gasteiger partial charge on any atom is -0.505 e. The number of amides is 3. The predicted molar refractivity (Wildman–Crippen MR) is 84.2 cm³/mol. The molecule has 1 atom stereocenters. The Kier molecular flexibility index (Phi) is 4.64. The first-order valence-electron chi connectivity index (χ1n) is 8.14. The highest BCUT2D eigenvalue weighted by atomic mass is 16.3.